The van der Waals surface area contributed by atoms with Crippen molar-refractivity contribution in [2.75, 3.05) is 49.1 Å². The van der Waals surface area contributed by atoms with Gasteiger partial charge in [0.25, 0.3) is 11.5 Å². The molecule has 1 unspecified atom stereocenters. The Hall–Kier alpha value is -3.13. The molecular formula is C30H35N5O3S2. The molecule has 0 spiro atoms. The van der Waals surface area contributed by atoms with Gasteiger partial charge in [0.1, 0.15) is 21.8 Å². The van der Waals surface area contributed by atoms with Gasteiger partial charge >= 0.3 is 0 Å². The number of hydrogen-bond acceptors (Lipinski definition) is 8. The van der Waals surface area contributed by atoms with Gasteiger partial charge in [-0.3, -0.25) is 19.1 Å². The average Bonchev–Trinajstić information content (AvgIpc) is 3.58. The normalized spacial score (nSPS) is 20.6. The highest BCUT2D eigenvalue weighted by molar-refractivity contribution is 8.26. The lowest BCUT2D eigenvalue weighted by Crippen LogP contribution is -2.48. The summed E-state index contributed by atoms with van der Waals surface area (Å²) in [6.45, 7) is 8.61. The van der Waals surface area contributed by atoms with Gasteiger partial charge in [0.2, 0.25) is 0 Å². The Morgan fingerprint density at radius 2 is 1.88 bits per heavy atom. The van der Waals surface area contributed by atoms with Crippen molar-refractivity contribution in [2.24, 2.45) is 0 Å². The van der Waals surface area contributed by atoms with E-state index >= 15 is 0 Å². The van der Waals surface area contributed by atoms with Gasteiger partial charge in [0, 0.05) is 50.6 Å². The molecule has 1 atom stereocenters. The number of carbonyl (C=O) groups excluding carboxylic acids is 1. The molecule has 1 amide bonds. The van der Waals surface area contributed by atoms with Gasteiger partial charge in [-0.05, 0) is 50.0 Å². The number of piperazine rings is 1. The molecule has 4 heterocycles. The number of benzene rings is 1. The fourth-order valence-electron chi connectivity index (χ4n) is 5.60. The molecule has 3 fully saturated rings. The first-order valence-corrected chi connectivity index (χ1v) is 15.2. The molecule has 2 aromatic rings. The Morgan fingerprint density at radius 1 is 1.15 bits per heavy atom. The van der Waals surface area contributed by atoms with Crippen molar-refractivity contribution in [1.29, 1.82) is 5.26 Å². The molecule has 3 aliphatic heterocycles. The number of hydrogen-bond donors (Lipinski definition) is 0. The molecule has 0 N–H and O–H groups in total. The van der Waals surface area contributed by atoms with Crippen LogP contribution in [-0.4, -0.2) is 65.1 Å². The van der Waals surface area contributed by atoms with E-state index in [1.165, 1.54) is 17.4 Å². The minimum absolute atomic E-state index is 0.00111. The molecule has 5 rings (SSSR count). The van der Waals surface area contributed by atoms with E-state index in [1.54, 1.807) is 9.47 Å². The summed E-state index contributed by atoms with van der Waals surface area (Å²) >= 11 is 6.88. The molecule has 0 bridgehead atoms. The van der Waals surface area contributed by atoms with Crippen molar-refractivity contribution in [3.05, 3.63) is 62.3 Å². The van der Waals surface area contributed by atoms with Crippen LogP contribution in [0, 0.1) is 18.3 Å². The number of ether oxygens (including phenoxy) is 1. The summed E-state index contributed by atoms with van der Waals surface area (Å²) in [6.07, 6.45) is 5.50. The van der Waals surface area contributed by atoms with E-state index in [2.05, 4.69) is 34.9 Å². The summed E-state index contributed by atoms with van der Waals surface area (Å²) in [7, 11) is 0. The Kier molecular flexibility index (Phi) is 8.94. The van der Waals surface area contributed by atoms with Crippen LogP contribution in [0.3, 0.4) is 0 Å². The lowest BCUT2D eigenvalue weighted by atomic mass is 10.0. The number of amides is 1. The lowest BCUT2D eigenvalue weighted by molar-refractivity contribution is -0.123. The van der Waals surface area contributed by atoms with Crippen molar-refractivity contribution in [2.45, 2.75) is 52.2 Å². The van der Waals surface area contributed by atoms with Crippen molar-refractivity contribution < 1.29 is 9.53 Å². The molecule has 0 saturated carbocycles. The average molecular weight is 578 g/mol. The molecule has 0 aliphatic carbocycles. The third-order valence-corrected chi connectivity index (χ3v) is 9.22. The molecule has 10 heteroatoms. The second-order valence-electron chi connectivity index (χ2n) is 10.4. The van der Waals surface area contributed by atoms with Gasteiger partial charge in [-0.2, -0.15) is 5.26 Å². The highest BCUT2D eigenvalue weighted by Crippen LogP contribution is 2.37. The zero-order chi connectivity index (χ0) is 28.2. The highest BCUT2D eigenvalue weighted by Gasteiger charge is 2.35. The van der Waals surface area contributed by atoms with Crippen LogP contribution in [-0.2, 0) is 16.1 Å². The SMILES string of the molecule is CCCCn1c(N2CCN(c3ccccc3)CC2)c(/C=C2\SC(=S)N(CC3CCCO3)C2=O)c(C)c(C#N)c1=O. The number of nitrogens with zero attached hydrogens (tertiary/aromatic N) is 5. The molecule has 0 radical (unpaired) electrons. The number of para-hydroxylation sites is 1. The summed E-state index contributed by atoms with van der Waals surface area (Å²) in [6, 6.07) is 12.5. The first-order valence-electron chi connectivity index (χ1n) is 14.0. The van der Waals surface area contributed by atoms with Crippen LogP contribution in [0.2, 0.25) is 0 Å². The Balaban J connectivity index is 1.53. The summed E-state index contributed by atoms with van der Waals surface area (Å²) in [5, 5.41) is 9.97. The zero-order valence-electron chi connectivity index (χ0n) is 23.1. The largest absolute Gasteiger partial charge is 0.376 e. The number of nitriles is 1. The van der Waals surface area contributed by atoms with E-state index in [4.69, 9.17) is 17.0 Å². The van der Waals surface area contributed by atoms with Crippen LogP contribution in [0.4, 0.5) is 11.5 Å². The van der Waals surface area contributed by atoms with Crippen molar-refractivity contribution in [3.63, 3.8) is 0 Å². The number of aromatic nitrogens is 1. The monoisotopic (exact) mass is 577 g/mol. The summed E-state index contributed by atoms with van der Waals surface area (Å²) < 4.78 is 8.03. The Bertz CT molecular complexity index is 1400. The first-order chi connectivity index (χ1) is 19.4. The van der Waals surface area contributed by atoms with E-state index in [1.807, 2.05) is 31.2 Å². The predicted molar refractivity (Wildman–Crippen MR) is 165 cm³/mol. The van der Waals surface area contributed by atoms with Crippen LogP contribution < -0.4 is 15.4 Å². The number of thiocarbonyl (C=S) groups is 1. The van der Waals surface area contributed by atoms with E-state index < -0.39 is 0 Å². The maximum atomic E-state index is 13.6. The molecule has 3 aliphatic rings. The molecule has 8 nitrogen and oxygen atoms in total. The third kappa shape index (κ3) is 5.69. The third-order valence-electron chi connectivity index (χ3n) is 7.84. The number of unbranched alkanes of at least 4 members (excludes halogenated alkanes) is 1. The minimum Gasteiger partial charge on any atom is -0.376 e. The summed E-state index contributed by atoms with van der Waals surface area (Å²) in [5.74, 6) is 0.640. The van der Waals surface area contributed by atoms with E-state index in [0.717, 1.165) is 50.2 Å². The van der Waals surface area contributed by atoms with Gasteiger partial charge in [-0.15, -0.1) is 0 Å². The molecular weight excluding hydrogens is 542 g/mol. The van der Waals surface area contributed by atoms with Gasteiger partial charge in [-0.25, -0.2) is 0 Å². The zero-order valence-corrected chi connectivity index (χ0v) is 24.7. The van der Waals surface area contributed by atoms with Crippen LogP contribution in [0.1, 0.15) is 49.3 Å². The van der Waals surface area contributed by atoms with Crippen molar-refractivity contribution in [3.8, 4) is 6.07 Å². The van der Waals surface area contributed by atoms with E-state index in [0.29, 0.717) is 47.6 Å². The van der Waals surface area contributed by atoms with Crippen LogP contribution in [0.5, 0.6) is 0 Å². The van der Waals surface area contributed by atoms with Gasteiger partial charge in [-0.1, -0.05) is 55.5 Å². The van der Waals surface area contributed by atoms with Crippen LogP contribution in [0.25, 0.3) is 6.08 Å². The van der Waals surface area contributed by atoms with Gasteiger partial charge < -0.3 is 14.5 Å². The minimum atomic E-state index is -0.267. The number of pyridine rings is 1. The number of anilines is 2. The number of rotatable bonds is 8. The van der Waals surface area contributed by atoms with Crippen LogP contribution >= 0.6 is 24.0 Å². The highest BCUT2D eigenvalue weighted by atomic mass is 32.2. The van der Waals surface area contributed by atoms with Crippen molar-refractivity contribution >= 4 is 51.8 Å². The van der Waals surface area contributed by atoms with Gasteiger partial charge in [0.15, 0.2) is 0 Å². The van der Waals surface area contributed by atoms with Crippen molar-refractivity contribution in [1.82, 2.24) is 9.47 Å². The predicted octanol–water partition coefficient (Wildman–Crippen LogP) is 4.54. The summed E-state index contributed by atoms with van der Waals surface area (Å²) in [4.78, 5) is 33.9. The quantitative estimate of drug-likeness (QED) is 0.334. The van der Waals surface area contributed by atoms with Crippen LogP contribution in [0.15, 0.2) is 40.0 Å². The molecule has 3 saturated heterocycles. The maximum Gasteiger partial charge on any atom is 0.270 e. The molecule has 1 aromatic heterocycles. The standard InChI is InChI=1S/C30H35N5O3S2/c1-3-4-12-34-27(33-15-13-32(14-16-33)22-9-6-5-7-10-22)24(21(2)25(19-31)28(34)36)18-26-29(37)35(30(39)40-26)20-23-11-8-17-38-23/h5-7,9-10,18,23H,3-4,8,11-17,20H2,1-2H3/b26-18-. The topological polar surface area (TPSA) is 81.8 Å². The first kappa shape index (κ1) is 28.4. The van der Waals surface area contributed by atoms with E-state index in [-0.39, 0.29) is 23.1 Å². The Labute approximate surface area is 245 Å². The Morgan fingerprint density at radius 3 is 2.52 bits per heavy atom. The molecule has 40 heavy (non-hydrogen) atoms. The number of thioether (sulfide) groups is 1. The fraction of sp³-hybridized carbons (Fsp3) is 0.467. The van der Waals surface area contributed by atoms with Gasteiger partial charge in [0.05, 0.1) is 17.6 Å². The second-order valence-corrected chi connectivity index (χ2v) is 12.1. The lowest BCUT2D eigenvalue weighted by Gasteiger charge is -2.39. The summed E-state index contributed by atoms with van der Waals surface area (Å²) in [5.41, 5.74) is 2.39. The maximum absolute atomic E-state index is 13.6. The number of carbonyl (C=O) groups is 1. The molecule has 210 valence electrons. The molecule has 1 aromatic carbocycles. The fourth-order valence-corrected chi connectivity index (χ4v) is 6.86. The second kappa shape index (κ2) is 12.6. The van der Waals surface area contributed by atoms with E-state index in [9.17, 15) is 14.9 Å². The smallest absolute Gasteiger partial charge is 0.270 e.